The Labute approximate surface area is 160 Å². The molecule has 7 heteroatoms. The van der Waals surface area contributed by atoms with Crippen LogP contribution in [-0.2, 0) is 4.79 Å². The Morgan fingerprint density at radius 2 is 1.84 bits per heavy atom. The number of hydrogen-bond acceptors (Lipinski definition) is 4. The van der Waals surface area contributed by atoms with Gasteiger partial charge in [0.05, 0.1) is 6.54 Å². The highest BCUT2D eigenvalue weighted by Gasteiger charge is 2.20. The fraction of sp³-hybridized carbons (Fsp3) is 0.556. The topological polar surface area (TPSA) is 47.6 Å². The Kier molecular flexibility index (Phi) is 9.07. The number of carbonyl (C=O) groups is 1. The monoisotopic (exact) mass is 380 g/mol. The van der Waals surface area contributed by atoms with Crippen LogP contribution in [0.3, 0.4) is 0 Å². The lowest BCUT2D eigenvalue weighted by Gasteiger charge is -2.35. The average molecular weight is 381 g/mol. The first-order chi connectivity index (χ1) is 12.2. The molecule has 0 spiro atoms. The van der Waals surface area contributed by atoms with Crippen LogP contribution in [0, 0.1) is 0 Å². The summed E-state index contributed by atoms with van der Waals surface area (Å²) in [5.41, 5.74) is 0. The normalized spacial score (nSPS) is 15.0. The average Bonchev–Trinajstić information content (AvgIpc) is 2.65. The highest BCUT2D eigenvalue weighted by molar-refractivity contribution is 7.99. The van der Waals surface area contributed by atoms with Gasteiger partial charge in [0.15, 0.2) is 5.11 Å². The standard InChI is InChI=1S/C18H28N4OS2/c1-2-8-19-17(23)15-21-10-12-22(13-11-21)18(24)20-9-14-25-16-6-4-3-5-7-16/h3-7H,2,8-15H2,1H3,(H,19,23)(H,20,24). The van der Waals surface area contributed by atoms with Gasteiger partial charge in [-0.1, -0.05) is 25.1 Å². The molecule has 0 aliphatic carbocycles. The van der Waals surface area contributed by atoms with Crippen LogP contribution in [0.1, 0.15) is 13.3 Å². The molecule has 1 aliphatic heterocycles. The molecule has 1 aromatic carbocycles. The second-order valence-electron chi connectivity index (χ2n) is 6.01. The molecule has 1 aromatic rings. The molecule has 0 aromatic heterocycles. The fourth-order valence-electron chi connectivity index (χ4n) is 2.59. The predicted molar refractivity (Wildman–Crippen MR) is 109 cm³/mol. The molecular weight excluding hydrogens is 352 g/mol. The van der Waals surface area contributed by atoms with Crippen molar-refractivity contribution in [3.63, 3.8) is 0 Å². The Hall–Kier alpha value is -1.31. The van der Waals surface area contributed by atoms with Crippen LogP contribution in [0.25, 0.3) is 0 Å². The Balaban J connectivity index is 1.58. The number of hydrogen-bond donors (Lipinski definition) is 2. The summed E-state index contributed by atoms with van der Waals surface area (Å²) in [6.45, 7) is 7.66. The Bertz CT molecular complexity index is 533. The van der Waals surface area contributed by atoms with E-state index in [4.69, 9.17) is 12.2 Å². The van der Waals surface area contributed by atoms with Gasteiger partial charge in [-0.15, -0.1) is 11.8 Å². The second kappa shape index (κ2) is 11.3. The number of nitrogens with zero attached hydrogens (tertiary/aromatic N) is 2. The molecule has 1 fully saturated rings. The zero-order valence-electron chi connectivity index (χ0n) is 14.9. The van der Waals surface area contributed by atoms with Crippen molar-refractivity contribution in [1.82, 2.24) is 20.4 Å². The summed E-state index contributed by atoms with van der Waals surface area (Å²) >= 11 is 7.32. The third-order valence-corrected chi connectivity index (χ3v) is 5.41. The van der Waals surface area contributed by atoms with E-state index in [1.807, 2.05) is 17.8 Å². The van der Waals surface area contributed by atoms with E-state index in [9.17, 15) is 4.79 Å². The maximum Gasteiger partial charge on any atom is 0.234 e. The van der Waals surface area contributed by atoms with Gasteiger partial charge in [0, 0.05) is 49.9 Å². The van der Waals surface area contributed by atoms with Crippen molar-refractivity contribution >= 4 is 35.0 Å². The van der Waals surface area contributed by atoms with Gasteiger partial charge >= 0.3 is 0 Å². The van der Waals surface area contributed by atoms with Gasteiger partial charge in [-0.05, 0) is 30.8 Å². The minimum atomic E-state index is 0.119. The van der Waals surface area contributed by atoms with E-state index in [0.717, 1.165) is 56.6 Å². The maximum atomic E-state index is 11.8. The number of thiocarbonyl (C=S) groups is 1. The van der Waals surface area contributed by atoms with Crippen LogP contribution in [0.2, 0.25) is 0 Å². The molecule has 1 saturated heterocycles. The molecule has 0 atom stereocenters. The minimum absolute atomic E-state index is 0.119. The number of carbonyl (C=O) groups excluding carboxylic acids is 1. The van der Waals surface area contributed by atoms with E-state index in [-0.39, 0.29) is 5.91 Å². The largest absolute Gasteiger partial charge is 0.362 e. The number of nitrogens with one attached hydrogen (secondary N) is 2. The van der Waals surface area contributed by atoms with Gasteiger partial charge in [0.25, 0.3) is 0 Å². The number of benzene rings is 1. The first-order valence-electron chi connectivity index (χ1n) is 8.88. The zero-order valence-corrected chi connectivity index (χ0v) is 16.5. The van der Waals surface area contributed by atoms with Gasteiger partial charge in [-0.3, -0.25) is 9.69 Å². The molecule has 5 nitrogen and oxygen atoms in total. The lowest BCUT2D eigenvalue weighted by molar-refractivity contribution is -0.122. The zero-order chi connectivity index (χ0) is 17.9. The summed E-state index contributed by atoms with van der Waals surface area (Å²) in [5.74, 6) is 1.11. The Morgan fingerprint density at radius 1 is 1.12 bits per heavy atom. The molecule has 25 heavy (non-hydrogen) atoms. The van der Waals surface area contributed by atoms with Crippen molar-refractivity contribution < 1.29 is 4.79 Å². The minimum Gasteiger partial charge on any atom is -0.362 e. The van der Waals surface area contributed by atoms with Crippen molar-refractivity contribution in [3.8, 4) is 0 Å². The summed E-state index contributed by atoms with van der Waals surface area (Å²) in [5, 5.41) is 7.09. The van der Waals surface area contributed by atoms with E-state index in [1.54, 1.807) is 0 Å². The molecule has 0 unspecified atom stereocenters. The first-order valence-corrected chi connectivity index (χ1v) is 10.3. The maximum absolute atomic E-state index is 11.8. The summed E-state index contributed by atoms with van der Waals surface area (Å²) < 4.78 is 0. The Morgan fingerprint density at radius 3 is 2.52 bits per heavy atom. The molecule has 1 amide bonds. The van der Waals surface area contributed by atoms with Crippen molar-refractivity contribution in [2.75, 3.05) is 51.6 Å². The molecular formula is C18H28N4OS2. The van der Waals surface area contributed by atoms with Crippen LogP contribution >= 0.6 is 24.0 Å². The molecule has 2 N–H and O–H groups in total. The summed E-state index contributed by atoms with van der Waals surface area (Å²) in [6.07, 6.45) is 0.974. The third-order valence-electron chi connectivity index (χ3n) is 3.99. The van der Waals surface area contributed by atoms with E-state index in [2.05, 4.69) is 51.6 Å². The van der Waals surface area contributed by atoms with Crippen LogP contribution in [0.5, 0.6) is 0 Å². The molecule has 0 bridgehead atoms. The van der Waals surface area contributed by atoms with Gasteiger partial charge < -0.3 is 15.5 Å². The van der Waals surface area contributed by atoms with Crippen molar-refractivity contribution in [3.05, 3.63) is 30.3 Å². The molecule has 0 saturated carbocycles. The third kappa shape index (κ3) is 7.63. The van der Waals surface area contributed by atoms with E-state index < -0.39 is 0 Å². The molecule has 1 aliphatic rings. The van der Waals surface area contributed by atoms with E-state index in [1.165, 1.54) is 4.90 Å². The second-order valence-corrected chi connectivity index (χ2v) is 7.56. The highest BCUT2D eigenvalue weighted by Crippen LogP contribution is 2.15. The number of piperazine rings is 1. The lowest BCUT2D eigenvalue weighted by atomic mass is 10.3. The van der Waals surface area contributed by atoms with E-state index in [0.29, 0.717) is 6.54 Å². The SMILES string of the molecule is CCCNC(=O)CN1CCN(C(=S)NCCSc2ccccc2)CC1. The predicted octanol–water partition coefficient (Wildman–Crippen LogP) is 1.80. The smallest absolute Gasteiger partial charge is 0.234 e. The van der Waals surface area contributed by atoms with Crippen LogP contribution in [0.4, 0.5) is 0 Å². The van der Waals surface area contributed by atoms with Gasteiger partial charge in [0.1, 0.15) is 0 Å². The van der Waals surface area contributed by atoms with Crippen molar-refractivity contribution in [2.24, 2.45) is 0 Å². The van der Waals surface area contributed by atoms with Crippen molar-refractivity contribution in [1.29, 1.82) is 0 Å². The van der Waals surface area contributed by atoms with Crippen molar-refractivity contribution in [2.45, 2.75) is 18.2 Å². The van der Waals surface area contributed by atoms with E-state index >= 15 is 0 Å². The van der Waals surface area contributed by atoms with Crippen LogP contribution in [-0.4, -0.2) is 72.4 Å². The lowest BCUT2D eigenvalue weighted by Crippen LogP contribution is -2.53. The summed E-state index contributed by atoms with van der Waals surface area (Å²) in [7, 11) is 0. The van der Waals surface area contributed by atoms with Gasteiger partial charge in [-0.25, -0.2) is 0 Å². The van der Waals surface area contributed by atoms with Crippen LogP contribution in [0.15, 0.2) is 35.2 Å². The number of thioether (sulfide) groups is 1. The highest BCUT2D eigenvalue weighted by atomic mass is 32.2. The van der Waals surface area contributed by atoms with Gasteiger partial charge in [-0.2, -0.15) is 0 Å². The number of rotatable bonds is 8. The summed E-state index contributed by atoms with van der Waals surface area (Å²) in [6, 6.07) is 10.4. The molecule has 1 heterocycles. The molecule has 0 radical (unpaired) electrons. The molecule has 138 valence electrons. The summed E-state index contributed by atoms with van der Waals surface area (Å²) in [4.78, 5) is 17.4. The molecule has 2 rings (SSSR count). The van der Waals surface area contributed by atoms with Crippen LogP contribution < -0.4 is 10.6 Å². The quantitative estimate of drug-likeness (QED) is 0.407. The first kappa shape index (κ1) is 20.0. The fourth-order valence-corrected chi connectivity index (χ4v) is 3.66. The number of amides is 1. The van der Waals surface area contributed by atoms with Gasteiger partial charge in [0.2, 0.25) is 5.91 Å².